The molecule has 5 heteroatoms. The predicted molar refractivity (Wildman–Crippen MR) is 126 cm³/mol. The summed E-state index contributed by atoms with van der Waals surface area (Å²) >= 11 is 0. The average molecular weight is 437 g/mol. The maximum atomic E-state index is 12.9. The fourth-order valence-electron chi connectivity index (χ4n) is 3.88. The van der Waals surface area contributed by atoms with Crippen molar-refractivity contribution in [2.75, 3.05) is 0 Å². The molecule has 30 heavy (non-hydrogen) atoms. The first-order valence-electron chi connectivity index (χ1n) is 10.6. The summed E-state index contributed by atoms with van der Waals surface area (Å²) in [6, 6.07) is 8.79. The number of aryl methyl sites for hydroxylation is 2. The van der Waals surface area contributed by atoms with Gasteiger partial charge in [-0.2, -0.15) is 0 Å². The molecule has 0 bridgehead atoms. The Bertz CT molecular complexity index is 877. The van der Waals surface area contributed by atoms with Crippen LogP contribution < -0.4 is 9.05 Å². The molecule has 1 heterocycles. The zero-order valence-electron chi connectivity index (χ0n) is 20.1. The summed E-state index contributed by atoms with van der Waals surface area (Å²) in [7, 11) is -2.31. The summed E-state index contributed by atoms with van der Waals surface area (Å²) in [5.41, 5.74) is 6.68. The molecule has 2 aromatic rings. The van der Waals surface area contributed by atoms with E-state index in [2.05, 4.69) is 79.7 Å². The first-order chi connectivity index (χ1) is 13.4. The van der Waals surface area contributed by atoms with Gasteiger partial charge < -0.3 is 0 Å². The van der Waals surface area contributed by atoms with Gasteiger partial charge in [0.2, 0.25) is 0 Å². The zero-order valence-corrected chi connectivity index (χ0v) is 23.0. The van der Waals surface area contributed by atoms with Crippen LogP contribution in [0.3, 0.4) is 0 Å². The summed E-state index contributed by atoms with van der Waals surface area (Å²) < 4.78 is 24.9. The van der Waals surface area contributed by atoms with Crippen molar-refractivity contribution in [3.63, 3.8) is 0 Å². The standard InChI is InChI=1S/C25H34O3P.Na/c1-9-16-11-18-15-19-12-17(10-2)14-21(25(6,7)8)23(19)28-29(26)27-22(18)20(13-16)24(3,4)5;/h11-14H,9-10,15H2,1-8H3;/q+1;. The van der Waals surface area contributed by atoms with Gasteiger partial charge in [-0.05, 0) is 34.8 Å². The summed E-state index contributed by atoms with van der Waals surface area (Å²) in [6.45, 7) is 17.3. The van der Waals surface area contributed by atoms with E-state index >= 15 is 0 Å². The molecule has 0 saturated carbocycles. The molecular formula is C25H34NaO3P+. The fraction of sp³-hybridized carbons (Fsp3) is 0.520. The SMILES string of the molecule is CCc1cc2c(c(C(C)(C)C)c1)O[P+](=O)Oc1c(cc(CC)cc1C(C)(C)C)C2.[Na]. The second-order valence-electron chi connectivity index (χ2n) is 10.1. The Morgan fingerprint density at radius 2 is 1.13 bits per heavy atom. The van der Waals surface area contributed by atoms with Gasteiger partial charge >= 0.3 is 8.25 Å². The van der Waals surface area contributed by atoms with E-state index in [1.165, 1.54) is 11.1 Å². The van der Waals surface area contributed by atoms with Crippen LogP contribution in [-0.2, 0) is 34.7 Å². The van der Waals surface area contributed by atoms with Gasteiger partial charge in [0.15, 0.2) is 11.5 Å². The minimum absolute atomic E-state index is 0. The Labute approximate surface area is 205 Å². The quantitative estimate of drug-likeness (QED) is 0.374. The van der Waals surface area contributed by atoms with Crippen LogP contribution in [0.1, 0.15) is 88.8 Å². The van der Waals surface area contributed by atoms with Gasteiger partial charge in [0.25, 0.3) is 0 Å². The summed E-state index contributed by atoms with van der Waals surface area (Å²) in [5.74, 6) is 1.45. The van der Waals surface area contributed by atoms with Crippen molar-refractivity contribution < 1.29 is 13.6 Å². The van der Waals surface area contributed by atoms with Crippen molar-refractivity contribution in [3.05, 3.63) is 57.6 Å². The van der Waals surface area contributed by atoms with Crippen molar-refractivity contribution in [2.45, 2.75) is 85.5 Å². The van der Waals surface area contributed by atoms with E-state index in [0.717, 1.165) is 46.6 Å². The van der Waals surface area contributed by atoms with E-state index in [0.29, 0.717) is 6.42 Å². The maximum Gasteiger partial charge on any atom is 0.805 e. The number of fused-ring (bicyclic) bond motifs is 2. The molecular weight excluding hydrogens is 402 g/mol. The van der Waals surface area contributed by atoms with Crippen molar-refractivity contribution in [1.29, 1.82) is 0 Å². The molecule has 0 aliphatic carbocycles. The molecule has 0 unspecified atom stereocenters. The largest absolute Gasteiger partial charge is 0.805 e. The van der Waals surface area contributed by atoms with Crippen LogP contribution in [0.5, 0.6) is 11.5 Å². The topological polar surface area (TPSA) is 35.5 Å². The molecule has 3 rings (SSSR count). The number of rotatable bonds is 2. The molecule has 1 aliphatic rings. The minimum atomic E-state index is -2.31. The Kier molecular flexibility index (Phi) is 7.90. The number of benzene rings is 2. The van der Waals surface area contributed by atoms with Crippen molar-refractivity contribution >= 4 is 37.8 Å². The van der Waals surface area contributed by atoms with Crippen molar-refractivity contribution in [3.8, 4) is 11.5 Å². The third-order valence-electron chi connectivity index (χ3n) is 5.60. The number of hydrogen-bond donors (Lipinski definition) is 0. The van der Waals surface area contributed by atoms with Crippen LogP contribution in [0.2, 0.25) is 0 Å². The molecule has 157 valence electrons. The average Bonchev–Trinajstić information content (AvgIpc) is 2.60. The Morgan fingerprint density at radius 1 is 0.767 bits per heavy atom. The molecule has 0 amide bonds. The van der Waals surface area contributed by atoms with E-state index in [1.807, 2.05) is 0 Å². The summed E-state index contributed by atoms with van der Waals surface area (Å²) in [6.07, 6.45) is 2.61. The van der Waals surface area contributed by atoms with E-state index in [4.69, 9.17) is 9.05 Å². The molecule has 2 aromatic carbocycles. The van der Waals surface area contributed by atoms with Crippen LogP contribution in [0.25, 0.3) is 0 Å². The molecule has 1 radical (unpaired) electrons. The van der Waals surface area contributed by atoms with E-state index in [1.54, 1.807) is 0 Å². The molecule has 0 aromatic heterocycles. The fourth-order valence-corrected chi connectivity index (χ4v) is 4.65. The van der Waals surface area contributed by atoms with Gasteiger partial charge in [-0.3, -0.25) is 0 Å². The van der Waals surface area contributed by atoms with Crippen LogP contribution >= 0.6 is 8.25 Å². The molecule has 0 atom stereocenters. The number of hydrogen-bond acceptors (Lipinski definition) is 3. The normalized spacial score (nSPS) is 13.8. The molecule has 0 N–H and O–H groups in total. The molecule has 0 fully saturated rings. The molecule has 3 nitrogen and oxygen atoms in total. The van der Waals surface area contributed by atoms with Gasteiger partial charge in [-0.1, -0.05) is 79.7 Å². The van der Waals surface area contributed by atoms with Crippen LogP contribution in [0, 0.1) is 0 Å². The Morgan fingerprint density at radius 3 is 1.43 bits per heavy atom. The molecule has 1 aliphatic heterocycles. The Balaban J connectivity index is 0.00000320. The smallest absolute Gasteiger partial charge is 0.222 e. The minimum Gasteiger partial charge on any atom is -0.222 e. The van der Waals surface area contributed by atoms with Crippen LogP contribution in [-0.4, -0.2) is 29.6 Å². The second kappa shape index (κ2) is 9.33. The Hall–Kier alpha value is -0.860. The van der Waals surface area contributed by atoms with Crippen molar-refractivity contribution in [2.24, 2.45) is 0 Å². The second-order valence-corrected chi connectivity index (χ2v) is 10.9. The van der Waals surface area contributed by atoms with Gasteiger partial charge in [0.05, 0.1) is 0 Å². The predicted octanol–water partition coefficient (Wildman–Crippen LogP) is 7.05. The van der Waals surface area contributed by atoms with E-state index in [9.17, 15) is 4.57 Å². The van der Waals surface area contributed by atoms with E-state index < -0.39 is 8.25 Å². The molecule has 0 saturated heterocycles. The van der Waals surface area contributed by atoms with Gasteiger partial charge in [0.1, 0.15) is 0 Å². The first kappa shape index (κ1) is 25.4. The van der Waals surface area contributed by atoms with Gasteiger partial charge in [-0.15, -0.1) is 0 Å². The van der Waals surface area contributed by atoms with Gasteiger partial charge in [-0.25, -0.2) is 9.05 Å². The zero-order chi connectivity index (χ0) is 21.6. The summed E-state index contributed by atoms with van der Waals surface area (Å²) in [4.78, 5) is 0. The third-order valence-corrected chi connectivity index (χ3v) is 6.26. The van der Waals surface area contributed by atoms with E-state index in [-0.39, 0.29) is 40.4 Å². The van der Waals surface area contributed by atoms with Gasteiger partial charge in [0, 0.05) is 62.8 Å². The van der Waals surface area contributed by atoms with Crippen molar-refractivity contribution in [1.82, 2.24) is 0 Å². The summed E-state index contributed by atoms with van der Waals surface area (Å²) in [5, 5.41) is 0. The van der Waals surface area contributed by atoms with Crippen LogP contribution in [0.4, 0.5) is 0 Å². The maximum absolute atomic E-state index is 12.9. The first-order valence-corrected chi connectivity index (χ1v) is 11.7. The third kappa shape index (κ3) is 5.30. The van der Waals surface area contributed by atoms with Crippen LogP contribution in [0.15, 0.2) is 24.3 Å². The molecule has 0 spiro atoms. The monoisotopic (exact) mass is 436 g/mol.